The van der Waals surface area contributed by atoms with Gasteiger partial charge >= 0.3 is 0 Å². The molecule has 1 aromatic heterocycles. The van der Waals surface area contributed by atoms with Crippen LogP contribution in [0.3, 0.4) is 0 Å². The molecule has 110 valence electrons. The van der Waals surface area contributed by atoms with E-state index in [1.807, 2.05) is 24.5 Å². The number of ether oxygens (including phenoxy) is 2. The van der Waals surface area contributed by atoms with Crippen LogP contribution in [-0.2, 0) is 13.1 Å². The zero-order valence-electron chi connectivity index (χ0n) is 11.7. The van der Waals surface area contributed by atoms with Crippen LogP contribution in [0.5, 0.6) is 11.5 Å². The Labute approximate surface area is 127 Å². The highest BCUT2D eigenvalue weighted by molar-refractivity contribution is 7.98. The van der Waals surface area contributed by atoms with Gasteiger partial charge in [0.2, 0.25) is 6.79 Å². The van der Waals surface area contributed by atoms with Gasteiger partial charge in [-0.3, -0.25) is 0 Å². The molecule has 0 aliphatic carbocycles. The number of fused-ring (bicyclic) bond motifs is 1. The number of rotatable bonds is 5. The Bertz CT molecular complexity index is 651. The van der Waals surface area contributed by atoms with E-state index in [4.69, 9.17) is 15.2 Å². The number of hydrogen-bond donors (Lipinski definition) is 2. The summed E-state index contributed by atoms with van der Waals surface area (Å²) in [6.45, 7) is 1.88. The van der Waals surface area contributed by atoms with Crippen molar-refractivity contribution in [2.75, 3.05) is 18.8 Å². The lowest BCUT2D eigenvalue weighted by atomic mass is 10.2. The zero-order valence-corrected chi connectivity index (χ0v) is 12.5. The molecule has 2 aromatic rings. The number of benzene rings is 1. The summed E-state index contributed by atoms with van der Waals surface area (Å²) in [4.78, 5) is 8.48. The molecule has 0 saturated carbocycles. The van der Waals surface area contributed by atoms with E-state index in [-0.39, 0.29) is 0 Å². The standard InChI is InChI=1S/C14H16N4O2S/c1-21-14-17-7-10(13(15)18-14)6-16-5-9-2-3-11-12(4-9)20-8-19-11/h2-4,7,16H,5-6,8H2,1H3,(H2,15,17,18)/p+1. The molecule has 1 aromatic carbocycles. The molecule has 3 rings (SSSR count). The van der Waals surface area contributed by atoms with Crippen molar-refractivity contribution >= 4 is 17.6 Å². The van der Waals surface area contributed by atoms with Crippen LogP contribution in [0.2, 0.25) is 0 Å². The number of nitrogen functional groups attached to an aromatic ring is 1. The lowest BCUT2D eigenvalue weighted by Crippen LogP contribution is -2.80. The smallest absolute Gasteiger partial charge is 0.231 e. The fourth-order valence-corrected chi connectivity index (χ4v) is 2.47. The summed E-state index contributed by atoms with van der Waals surface area (Å²) in [6, 6.07) is 5.99. The minimum Gasteiger partial charge on any atom is -0.454 e. The Morgan fingerprint density at radius 2 is 2.14 bits per heavy atom. The molecular formula is C14H17N4O2S+. The summed E-state index contributed by atoms with van der Waals surface area (Å²) in [5.74, 6) is 2.17. The topological polar surface area (TPSA) is 86.9 Å². The number of quaternary nitrogens is 1. The first-order valence-corrected chi connectivity index (χ1v) is 7.84. The van der Waals surface area contributed by atoms with Crippen LogP contribution < -0.4 is 20.5 Å². The number of thioether (sulfide) groups is 1. The number of nitrogens with zero attached hydrogens (tertiary/aromatic N) is 2. The summed E-state index contributed by atoms with van der Waals surface area (Å²) < 4.78 is 10.7. The van der Waals surface area contributed by atoms with E-state index >= 15 is 0 Å². The van der Waals surface area contributed by atoms with Crippen LogP contribution in [0.15, 0.2) is 29.6 Å². The summed E-state index contributed by atoms with van der Waals surface area (Å²) in [5, 5.41) is 2.86. The summed E-state index contributed by atoms with van der Waals surface area (Å²) in [6.07, 6.45) is 3.73. The molecule has 0 atom stereocenters. The normalized spacial score (nSPS) is 12.6. The number of hydrogen-bond acceptors (Lipinski definition) is 6. The molecule has 7 heteroatoms. The van der Waals surface area contributed by atoms with E-state index in [0.29, 0.717) is 17.8 Å². The number of nitrogens with two attached hydrogens (primary N) is 2. The second-order valence-corrected chi connectivity index (χ2v) is 5.43. The molecule has 21 heavy (non-hydrogen) atoms. The maximum Gasteiger partial charge on any atom is 0.231 e. The summed E-state index contributed by atoms with van der Waals surface area (Å²) in [5.41, 5.74) is 8.06. The van der Waals surface area contributed by atoms with Crippen molar-refractivity contribution in [3.8, 4) is 11.5 Å². The Morgan fingerprint density at radius 1 is 1.29 bits per heavy atom. The second-order valence-electron chi connectivity index (χ2n) is 4.65. The molecular weight excluding hydrogens is 288 g/mol. The third-order valence-corrected chi connectivity index (χ3v) is 3.80. The van der Waals surface area contributed by atoms with Gasteiger partial charge in [-0.05, 0) is 24.5 Å². The largest absolute Gasteiger partial charge is 0.454 e. The third-order valence-electron chi connectivity index (χ3n) is 3.24. The molecule has 4 N–H and O–H groups in total. The third kappa shape index (κ3) is 3.20. The molecule has 0 saturated heterocycles. The zero-order chi connectivity index (χ0) is 14.7. The molecule has 2 heterocycles. The van der Waals surface area contributed by atoms with Crippen molar-refractivity contribution in [2.45, 2.75) is 18.2 Å². The minimum absolute atomic E-state index is 0.304. The van der Waals surface area contributed by atoms with Crippen LogP contribution in [0, 0.1) is 0 Å². The predicted molar refractivity (Wildman–Crippen MR) is 80.1 cm³/mol. The maximum absolute atomic E-state index is 5.93. The average molecular weight is 305 g/mol. The van der Waals surface area contributed by atoms with Gasteiger partial charge in [-0.15, -0.1) is 0 Å². The van der Waals surface area contributed by atoms with Gasteiger partial charge in [0.25, 0.3) is 0 Å². The molecule has 1 aliphatic heterocycles. The fraction of sp³-hybridized carbons (Fsp3) is 0.286. The molecule has 1 aliphatic rings. The second kappa shape index (κ2) is 6.19. The Kier molecular flexibility index (Phi) is 4.12. The number of anilines is 1. The Morgan fingerprint density at radius 3 is 2.95 bits per heavy atom. The highest BCUT2D eigenvalue weighted by atomic mass is 32.2. The molecule has 0 radical (unpaired) electrons. The summed E-state index contributed by atoms with van der Waals surface area (Å²) in [7, 11) is 0. The monoisotopic (exact) mass is 305 g/mol. The molecule has 0 spiro atoms. The SMILES string of the molecule is CSc1ncc(C[NH2+]Cc2ccc3c(c2)OCO3)c(N)n1. The molecule has 6 nitrogen and oxygen atoms in total. The van der Waals surface area contributed by atoms with E-state index < -0.39 is 0 Å². The van der Waals surface area contributed by atoms with Crippen molar-refractivity contribution < 1.29 is 14.8 Å². The van der Waals surface area contributed by atoms with Crippen molar-refractivity contribution in [2.24, 2.45) is 0 Å². The van der Waals surface area contributed by atoms with Gasteiger partial charge in [0, 0.05) is 11.8 Å². The average Bonchev–Trinajstić information content (AvgIpc) is 2.96. The van der Waals surface area contributed by atoms with Crippen LogP contribution >= 0.6 is 11.8 Å². The van der Waals surface area contributed by atoms with Crippen LogP contribution in [0.25, 0.3) is 0 Å². The lowest BCUT2D eigenvalue weighted by molar-refractivity contribution is -0.686. The molecule has 0 unspecified atom stereocenters. The van der Waals surface area contributed by atoms with Crippen molar-refractivity contribution in [3.05, 3.63) is 35.5 Å². The van der Waals surface area contributed by atoms with Crippen LogP contribution in [0.4, 0.5) is 5.82 Å². The first-order chi connectivity index (χ1) is 10.3. The minimum atomic E-state index is 0.304. The Balaban J connectivity index is 1.58. The van der Waals surface area contributed by atoms with Crippen LogP contribution in [0.1, 0.15) is 11.1 Å². The van der Waals surface area contributed by atoms with Crippen molar-refractivity contribution in [1.82, 2.24) is 9.97 Å². The Hall–Kier alpha value is -1.99. The van der Waals surface area contributed by atoms with Crippen molar-refractivity contribution in [3.63, 3.8) is 0 Å². The summed E-state index contributed by atoms with van der Waals surface area (Å²) >= 11 is 1.49. The van der Waals surface area contributed by atoms with E-state index in [9.17, 15) is 0 Å². The first-order valence-electron chi connectivity index (χ1n) is 6.62. The first kappa shape index (κ1) is 14.0. The van der Waals surface area contributed by atoms with Crippen LogP contribution in [-0.4, -0.2) is 23.0 Å². The molecule has 0 amide bonds. The maximum atomic E-state index is 5.93. The quantitative estimate of drug-likeness (QED) is 0.627. The lowest BCUT2D eigenvalue weighted by Gasteiger charge is -2.06. The van der Waals surface area contributed by atoms with Gasteiger partial charge in [0.05, 0.1) is 5.56 Å². The van der Waals surface area contributed by atoms with Gasteiger partial charge in [0.1, 0.15) is 18.9 Å². The molecule has 0 bridgehead atoms. The predicted octanol–water partition coefficient (Wildman–Crippen LogP) is 0.773. The van der Waals surface area contributed by atoms with Gasteiger partial charge in [0.15, 0.2) is 16.7 Å². The van der Waals surface area contributed by atoms with E-state index in [0.717, 1.165) is 30.2 Å². The highest BCUT2D eigenvalue weighted by Gasteiger charge is 2.13. The van der Waals surface area contributed by atoms with E-state index in [1.165, 1.54) is 17.3 Å². The van der Waals surface area contributed by atoms with Gasteiger partial charge < -0.3 is 20.5 Å². The van der Waals surface area contributed by atoms with Gasteiger partial charge in [-0.25, -0.2) is 9.97 Å². The highest BCUT2D eigenvalue weighted by Crippen LogP contribution is 2.32. The van der Waals surface area contributed by atoms with E-state index in [1.54, 1.807) is 6.20 Å². The van der Waals surface area contributed by atoms with Gasteiger partial charge in [-0.1, -0.05) is 11.8 Å². The van der Waals surface area contributed by atoms with Crippen molar-refractivity contribution in [1.29, 1.82) is 0 Å². The fourth-order valence-electron chi connectivity index (χ4n) is 2.12. The molecule has 0 fully saturated rings. The number of aromatic nitrogens is 2. The van der Waals surface area contributed by atoms with E-state index in [2.05, 4.69) is 15.3 Å². The van der Waals surface area contributed by atoms with Gasteiger partial charge in [-0.2, -0.15) is 0 Å².